The third kappa shape index (κ3) is 6.34. The molecule has 0 amide bonds. The molecule has 0 radical (unpaired) electrons. The first-order chi connectivity index (χ1) is 31.5. The van der Waals surface area contributed by atoms with Gasteiger partial charge in [-0.3, -0.25) is 0 Å². The van der Waals surface area contributed by atoms with Crippen molar-refractivity contribution in [2.45, 2.75) is 19.3 Å². The molecule has 0 bridgehead atoms. The van der Waals surface area contributed by atoms with E-state index in [9.17, 15) is 0 Å². The smallest absolute Gasteiger partial charge is 0.164 e. The summed E-state index contributed by atoms with van der Waals surface area (Å²) in [6.07, 6.45) is 0. The van der Waals surface area contributed by atoms with Crippen molar-refractivity contribution < 1.29 is 0 Å². The van der Waals surface area contributed by atoms with Crippen molar-refractivity contribution in [1.82, 2.24) is 19.5 Å². The predicted octanol–water partition coefficient (Wildman–Crippen LogP) is 15.3. The summed E-state index contributed by atoms with van der Waals surface area (Å²) < 4.78 is 2.46. The monoisotopic (exact) mass is 818 g/mol. The molecule has 1 aliphatic carbocycles. The van der Waals surface area contributed by atoms with Gasteiger partial charge in [-0.1, -0.05) is 202 Å². The molecule has 64 heavy (non-hydrogen) atoms. The number of aromatic nitrogens is 4. The fraction of sp³-hybridized carbons (Fsp3) is 0.0500. The van der Waals surface area contributed by atoms with E-state index in [0.29, 0.717) is 17.5 Å². The largest absolute Gasteiger partial charge is 0.309 e. The first-order valence-corrected chi connectivity index (χ1v) is 21.9. The molecule has 0 N–H and O–H groups in total. The van der Waals surface area contributed by atoms with E-state index in [1.54, 1.807) is 0 Å². The van der Waals surface area contributed by atoms with Gasteiger partial charge in [-0.2, -0.15) is 0 Å². The zero-order valence-electron chi connectivity index (χ0n) is 35.6. The van der Waals surface area contributed by atoms with Crippen LogP contribution in [0.2, 0.25) is 0 Å². The van der Waals surface area contributed by atoms with Crippen molar-refractivity contribution in [3.63, 3.8) is 0 Å². The van der Waals surface area contributed by atoms with Gasteiger partial charge in [0, 0.05) is 38.6 Å². The van der Waals surface area contributed by atoms with Crippen LogP contribution in [-0.2, 0) is 5.41 Å². The lowest BCUT2D eigenvalue weighted by molar-refractivity contribution is 0.660. The molecular formula is C60H42N4. The molecule has 4 heteroatoms. The van der Waals surface area contributed by atoms with Gasteiger partial charge in [0.25, 0.3) is 0 Å². The van der Waals surface area contributed by atoms with Crippen LogP contribution in [0.3, 0.4) is 0 Å². The molecule has 302 valence electrons. The Hall–Kier alpha value is -8.21. The maximum Gasteiger partial charge on any atom is 0.164 e. The van der Waals surface area contributed by atoms with Gasteiger partial charge in [0.2, 0.25) is 0 Å². The molecule has 0 saturated heterocycles. The summed E-state index contributed by atoms with van der Waals surface area (Å²) in [6, 6.07) is 78.0. The van der Waals surface area contributed by atoms with Crippen LogP contribution in [0.4, 0.5) is 0 Å². The maximum atomic E-state index is 5.07. The molecule has 4 nitrogen and oxygen atoms in total. The second-order valence-electron chi connectivity index (χ2n) is 17.3. The Bertz CT molecular complexity index is 3530. The van der Waals surface area contributed by atoms with Gasteiger partial charge >= 0.3 is 0 Å². The van der Waals surface area contributed by atoms with Gasteiger partial charge in [-0.15, -0.1) is 0 Å². The van der Waals surface area contributed by atoms with Crippen molar-refractivity contribution >= 4 is 21.8 Å². The predicted molar refractivity (Wildman–Crippen MR) is 264 cm³/mol. The molecule has 9 aromatic carbocycles. The molecule has 0 saturated carbocycles. The minimum absolute atomic E-state index is 0.109. The minimum atomic E-state index is -0.109. The van der Waals surface area contributed by atoms with Crippen LogP contribution >= 0.6 is 0 Å². The Morgan fingerprint density at radius 1 is 0.312 bits per heavy atom. The van der Waals surface area contributed by atoms with E-state index in [-0.39, 0.29) is 5.41 Å². The molecule has 1 aliphatic rings. The van der Waals surface area contributed by atoms with Crippen LogP contribution in [0, 0.1) is 0 Å². The minimum Gasteiger partial charge on any atom is -0.309 e. The van der Waals surface area contributed by atoms with E-state index in [2.05, 4.69) is 200 Å². The summed E-state index contributed by atoms with van der Waals surface area (Å²) in [5.74, 6) is 1.92. The molecule has 0 aliphatic heterocycles. The molecule has 0 spiro atoms. The molecular weight excluding hydrogens is 777 g/mol. The molecule has 2 heterocycles. The highest BCUT2D eigenvalue weighted by atomic mass is 15.0. The Kier molecular flexibility index (Phi) is 8.80. The fourth-order valence-corrected chi connectivity index (χ4v) is 9.72. The number of hydrogen-bond donors (Lipinski definition) is 0. The lowest BCUT2D eigenvalue weighted by atomic mass is 9.82. The van der Waals surface area contributed by atoms with E-state index in [1.807, 2.05) is 36.4 Å². The summed E-state index contributed by atoms with van der Waals surface area (Å²) in [7, 11) is 0. The second kappa shape index (κ2) is 15.0. The van der Waals surface area contributed by atoms with Crippen molar-refractivity contribution in [3.8, 4) is 84.4 Å². The maximum absolute atomic E-state index is 5.07. The SMILES string of the molecule is CC1(C)c2ccccc2-c2ccc(-n3c4ccc(-c5ccccc5)cc4c4ccc(-c5ccc(-c6nc(-c7ccccc7)nc(-c7ccc(-c8ccccc8)cc7)n6)cc5)cc43)cc21. The number of hydrogen-bond acceptors (Lipinski definition) is 3. The van der Waals surface area contributed by atoms with Gasteiger partial charge in [-0.05, 0) is 86.0 Å². The van der Waals surface area contributed by atoms with Crippen LogP contribution in [0.1, 0.15) is 25.0 Å². The molecule has 0 unspecified atom stereocenters. The molecule has 11 aromatic rings. The number of benzene rings is 9. The van der Waals surface area contributed by atoms with Crippen LogP contribution < -0.4 is 0 Å². The summed E-state index contributed by atoms with van der Waals surface area (Å²) in [4.78, 5) is 15.1. The second-order valence-corrected chi connectivity index (χ2v) is 17.3. The van der Waals surface area contributed by atoms with E-state index in [1.165, 1.54) is 60.8 Å². The van der Waals surface area contributed by atoms with Crippen LogP contribution in [-0.4, -0.2) is 19.5 Å². The highest BCUT2D eigenvalue weighted by molar-refractivity contribution is 6.11. The zero-order chi connectivity index (χ0) is 42.8. The first kappa shape index (κ1) is 37.5. The Morgan fingerprint density at radius 2 is 0.750 bits per heavy atom. The quantitative estimate of drug-likeness (QED) is 0.161. The van der Waals surface area contributed by atoms with E-state index < -0.39 is 0 Å². The van der Waals surface area contributed by atoms with Crippen molar-refractivity contribution in [1.29, 1.82) is 0 Å². The van der Waals surface area contributed by atoms with Crippen LogP contribution in [0.25, 0.3) is 106 Å². The van der Waals surface area contributed by atoms with Gasteiger partial charge in [0.05, 0.1) is 11.0 Å². The summed E-state index contributed by atoms with van der Waals surface area (Å²) in [6.45, 7) is 4.70. The van der Waals surface area contributed by atoms with E-state index >= 15 is 0 Å². The Labute approximate surface area is 372 Å². The Balaban J connectivity index is 0.958. The van der Waals surface area contributed by atoms with Gasteiger partial charge < -0.3 is 4.57 Å². The molecule has 2 aromatic heterocycles. The number of nitrogens with zero attached hydrogens (tertiary/aromatic N) is 4. The highest BCUT2D eigenvalue weighted by Crippen LogP contribution is 2.49. The third-order valence-electron chi connectivity index (χ3n) is 13.1. The number of fused-ring (bicyclic) bond motifs is 6. The fourth-order valence-electron chi connectivity index (χ4n) is 9.72. The lowest BCUT2D eigenvalue weighted by Gasteiger charge is -2.22. The van der Waals surface area contributed by atoms with E-state index in [4.69, 9.17) is 15.0 Å². The van der Waals surface area contributed by atoms with Crippen LogP contribution in [0.15, 0.2) is 218 Å². The normalized spacial score (nSPS) is 12.7. The summed E-state index contributed by atoms with van der Waals surface area (Å²) >= 11 is 0. The van der Waals surface area contributed by atoms with Crippen molar-refractivity contribution in [3.05, 3.63) is 230 Å². The molecule has 12 rings (SSSR count). The molecule has 0 fully saturated rings. The summed E-state index contributed by atoms with van der Waals surface area (Å²) in [5.41, 5.74) is 18.6. The number of rotatable bonds is 7. The third-order valence-corrected chi connectivity index (χ3v) is 13.1. The van der Waals surface area contributed by atoms with Crippen LogP contribution in [0.5, 0.6) is 0 Å². The highest BCUT2D eigenvalue weighted by Gasteiger charge is 2.35. The Morgan fingerprint density at radius 3 is 1.38 bits per heavy atom. The van der Waals surface area contributed by atoms with Crippen molar-refractivity contribution in [2.75, 3.05) is 0 Å². The average molecular weight is 819 g/mol. The van der Waals surface area contributed by atoms with Gasteiger partial charge in [0.15, 0.2) is 17.5 Å². The van der Waals surface area contributed by atoms with Crippen molar-refractivity contribution in [2.24, 2.45) is 0 Å². The topological polar surface area (TPSA) is 43.6 Å². The van der Waals surface area contributed by atoms with Gasteiger partial charge in [-0.25, -0.2) is 15.0 Å². The van der Waals surface area contributed by atoms with E-state index in [0.717, 1.165) is 39.1 Å². The average Bonchev–Trinajstić information content (AvgIpc) is 3.81. The standard InChI is InChI=1S/C60H42N4/c1-60(2)53-21-13-12-20-49(53)50-34-32-48(38-54(50)60)64-55-35-31-46(40-16-8-4-9-17-40)36-52(55)51-33-30-47(37-56(51)64)42-24-28-45(29-25-42)59-62-57(43-18-10-5-11-19-43)61-58(63-59)44-26-22-41(23-27-44)39-14-6-3-7-15-39/h3-38H,1-2H3. The summed E-state index contributed by atoms with van der Waals surface area (Å²) in [5, 5.41) is 2.45. The molecule has 0 atom stereocenters. The first-order valence-electron chi connectivity index (χ1n) is 21.9. The lowest BCUT2D eigenvalue weighted by Crippen LogP contribution is -2.15. The zero-order valence-corrected chi connectivity index (χ0v) is 35.6. The van der Waals surface area contributed by atoms with Gasteiger partial charge in [0.1, 0.15) is 0 Å².